The summed E-state index contributed by atoms with van der Waals surface area (Å²) in [7, 11) is 0. The summed E-state index contributed by atoms with van der Waals surface area (Å²) in [6.45, 7) is 0. The number of nitrogens with two attached hydrogens (primary N) is 2. The lowest BCUT2D eigenvalue weighted by Gasteiger charge is -2.04. The van der Waals surface area contributed by atoms with Crippen LogP contribution >= 0.6 is 11.5 Å². The molecular weight excluding hydrogens is 162 g/mol. The van der Waals surface area contributed by atoms with Crippen molar-refractivity contribution < 1.29 is 4.79 Å². The van der Waals surface area contributed by atoms with Crippen LogP contribution in [-0.4, -0.2) is 10.3 Å². The molecular formula is C6H9N3OS. The lowest BCUT2D eigenvalue weighted by Crippen LogP contribution is -2.20. The van der Waals surface area contributed by atoms with Crippen LogP contribution in [0.3, 0.4) is 0 Å². The molecule has 1 aromatic rings. The highest BCUT2D eigenvalue weighted by Crippen LogP contribution is 2.13. The van der Waals surface area contributed by atoms with Crippen LogP contribution in [0.2, 0.25) is 0 Å². The summed E-state index contributed by atoms with van der Waals surface area (Å²) >= 11 is 1.31. The zero-order chi connectivity index (χ0) is 8.27. The Morgan fingerprint density at radius 1 is 1.82 bits per heavy atom. The first-order valence-electron chi connectivity index (χ1n) is 3.13. The van der Waals surface area contributed by atoms with Crippen LogP contribution in [-0.2, 0) is 4.79 Å². The molecule has 0 saturated heterocycles. The van der Waals surface area contributed by atoms with Crippen LogP contribution in [0.25, 0.3) is 0 Å². The highest BCUT2D eigenvalue weighted by Gasteiger charge is 2.09. The van der Waals surface area contributed by atoms with E-state index in [1.165, 1.54) is 11.5 Å². The molecule has 1 atom stereocenters. The number of nitrogens with zero attached hydrogens (tertiary/aromatic N) is 1. The molecule has 1 rings (SSSR count). The highest BCUT2D eigenvalue weighted by atomic mass is 32.1. The maximum absolute atomic E-state index is 10.4. The van der Waals surface area contributed by atoms with Crippen molar-refractivity contribution in [3.63, 3.8) is 0 Å². The summed E-state index contributed by atoms with van der Waals surface area (Å²) in [5, 5.41) is 1.81. The van der Waals surface area contributed by atoms with Crippen molar-refractivity contribution in [2.75, 3.05) is 0 Å². The molecule has 1 aromatic heterocycles. The van der Waals surface area contributed by atoms with Crippen molar-refractivity contribution in [1.82, 2.24) is 4.37 Å². The van der Waals surface area contributed by atoms with E-state index in [-0.39, 0.29) is 18.4 Å². The molecule has 0 unspecified atom stereocenters. The van der Waals surface area contributed by atoms with Gasteiger partial charge in [-0.1, -0.05) is 0 Å². The Morgan fingerprint density at radius 3 is 3.00 bits per heavy atom. The quantitative estimate of drug-likeness (QED) is 0.672. The van der Waals surface area contributed by atoms with E-state index < -0.39 is 0 Å². The van der Waals surface area contributed by atoms with Gasteiger partial charge in [-0.2, -0.15) is 0 Å². The third-order valence-electron chi connectivity index (χ3n) is 1.30. The molecule has 1 heterocycles. The number of carbonyl (C=O) groups excluding carboxylic acids is 1. The van der Waals surface area contributed by atoms with E-state index in [1.54, 1.807) is 6.20 Å². The van der Waals surface area contributed by atoms with E-state index in [2.05, 4.69) is 4.37 Å². The normalized spacial score (nSPS) is 12.8. The number of hydrogen-bond donors (Lipinski definition) is 2. The van der Waals surface area contributed by atoms with Gasteiger partial charge in [-0.15, -0.1) is 0 Å². The van der Waals surface area contributed by atoms with Gasteiger partial charge in [0.05, 0.1) is 0 Å². The van der Waals surface area contributed by atoms with Gasteiger partial charge in [0.15, 0.2) is 0 Å². The number of rotatable bonds is 3. The number of hydrogen-bond acceptors (Lipinski definition) is 4. The Bertz CT molecular complexity index is 234. The molecule has 0 fully saturated rings. The minimum Gasteiger partial charge on any atom is -0.370 e. The van der Waals surface area contributed by atoms with Crippen LogP contribution in [0.4, 0.5) is 0 Å². The van der Waals surface area contributed by atoms with Crippen molar-refractivity contribution in [1.29, 1.82) is 0 Å². The van der Waals surface area contributed by atoms with Gasteiger partial charge in [0.1, 0.15) is 0 Å². The van der Waals surface area contributed by atoms with E-state index in [0.717, 1.165) is 5.56 Å². The van der Waals surface area contributed by atoms with Crippen molar-refractivity contribution in [2.45, 2.75) is 12.5 Å². The van der Waals surface area contributed by atoms with Gasteiger partial charge in [0, 0.05) is 29.6 Å². The monoisotopic (exact) mass is 171 g/mol. The lowest BCUT2D eigenvalue weighted by atomic mass is 10.1. The predicted octanol–water partition coefficient (Wildman–Crippen LogP) is 0.0183. The molecule has 4 nitrogen and oxygen atoms in total. The number of aromatic nitrogens is 1. The first kappa shape index (κ1) is 8.16. The van der Waals surface area contributed by atoms with Crippen molar-refractivity contribution in [2.24, 2.45) is 11.5 Å². The average Bonchev–Trinajstić information content (AvgIpc) is 2.35. The minimum atomic E-state index is -0.385. The van der Waals surface area contributed by atoms with E-state index in [4.69, 9.17) is 11.5 Å². The molecule has 0 aromatic carbocycles. The fourth-order valence-electron chi connectivity index (χ4n) is 0.731. The molecule has 4 N–H and O–H groups in total. The number of primary amides is 1. The Balaban J connectivity index is 2.56. The third kappa shape index (κ3) is 2.28. The number of carbonyl (C=O) groups is 1. The minimum absolute atomic E-state index is 0.179. The van der Waals surface area contributed by atoms with Crippen LogP contribution in [0.15, 0.2) is 11.6 Å². The molecule has 0 saturated carbocycles. The SMILES string of the molecule is NC(=O)C[C@@H](N)c1cnsc1. The summed E-state index contributed by atoms with van der Waals surface area (Å²) in [5.41, 5.74) is 11.4. The summed E-state index contributed by atoms with van der Waals surface area (Å²) in [6, 6.07) is -0.300. The van der Waals surface area contributed by atoms with Gasteiger partial charge in [-0.25, -0.2) is 4.37 Å². The van der Waals surface area contributed by atoms with Gasteiger partial charge in [0.2, 0.25) is 5.91 Å². The van der Waals surface area contributed by atoms with E-state index in [1.807, 2.05) is 5.38 Å². The summed E-state index contributed by atoms with van der Waals surface area (Å²) in [5.74, 6) is -0.385. The lowest BCUT2D eigenvalue weighted by molar-refractivity contribution is -0.118. The first-order valence-corrected chi connectivity index (χ1v) is 3.97. The molecule has 1 amide bonds. The molecule has 0 aliphatic rings. The second-order valence-corrected chi connectivity index (χ2v) is 2.89. The fraction of sp³-hybridized carbons (Fsp3) is 0.333. The van der Waals surface area contributed by atoms with Crippen molar-refractivity contribution >= 4 is 17.4 Å². The Morgan fingerprint density at radius 2 is 2.55 bits per heavy atom. The van der Waals surface area contributed by atoms with Gasteiger partial charge in [-0.05, 0) is 11.5 Å². The predicted molar refractivity (Wildman–Crippen MR) is 42.9 cm³/mol. The Hall–Kier alpha value is -0.940. The number of amides is 1. The summed E-state index contributed by atoms with van der Waals surface area (Å²) < 4.78 is 3.86. The average molecular weight is 171 g/mol. The van der Waals surface area contributed by atoms with Crippen LogP contribution in [0.1, 0.15) is 18.0 Å². The second-order valence-electron chi connectivity index (χ2n) is 2.23. The summed E-state index contributed by atoms with van der Waals surface area (Å²) in [6.07, 6.45) is 1.83. The van der Waals surface area contributed by atoms with Crippen molar-refractivity contribution in [3.05, 3.63) is 17.1 Å². The molecule has 11 heavy (non-hydrogen) atoms. The van der Waals surface area contributed by atoms with E-state index in [0.29, 0.717) is 0 Å². The maximum Gasteiger partial charge on any atom is 0.219 e. The topological polar surface area (TPSA) is 82.0 Å². The first-order chi connectivity index (χ1) is 5.20. The zero-order valence-corrected chi connectivity index (χ0v) is 6.67. The van der Waals surface area contributed by atoms with Gasteiger partial charge in [-0.3, -0.25) is 4.79 Å². The molecule has 60 valence electrons. The summed E-state index contributed by atoms with van der Waals surface area (Å²) in [4.78, 5) is 10.4. The molecule has 0 radical (unpaired) electrons. The van der Waals surface area contributed by atoms with Crippen LogP contribution < -0.4 is 11.5 Å². The zero-order valence-electron chi connectivity index (χ0n) is 5.86. The Kier molecular flexibility index (Phi) is 2.56. The van der Waals surface area contributed by atoms with Gasteiger partial charge < -0.3 is 11.5 Å². The second kappa shape index (κ2) is 3.45. The molecule has 0 bridgehead atoms. The van der Waals surface area contributed by atoms with Crippen LogP contribution in [0, 0.1) is 0 Å². The van der Waals surface area contributed by atoms with E-state index >= 15 is 0 Å². The van der Waals surface area contributed by atoms with Gasteiger partial charge >= 0.3 is 0 Å². The van der Waals surface area contributed by atoms with Crippen molar-refractivity contribution in [3.8, 4) is 0 Å². The van der Waals surface area contributed by atoms with Gasteiger partial charge in [0.25, 0.3) is 0 Å². The molecule has 0 aliphatic heterocycles. The van der Waals surface area contributed by atoms with Crippen LogP contribution in [0.5, 0.6) is 0 Å². The standard InChI is InChI=1S/C6H9N3OS/c7-5(1-6(8)10)4-2-9-11-3-4/h2-3,5H,1,7H2,(H2,8,10)/t5-/m1/s1. The third-order valence-corrected chi connectivity index (χ3v) is 1.91. The molecule has 0 spiro atoms. The maximum atomic E-state index is 10.4. The fourth-order valence-corrected chi connectivity index (χ4v) is 1.33. The largest absolute Gasteiger partial charge is 0.370 e. The highest BCUT2D eigenvalue weighted by molar-refractivity contribution is 7.03. The van der Waals surface area contributed by atoms with E-state index in [9.17, 15) is 4.79 Å². The Labute approximate surface area is 68.4 Å². The molecule has 5 heteroatoms. The smallest absolute Gasteiger partial charge is 0.219 e. The molecule has 0 aliphatic carbocycles.